The zero-order valence-corrected chi connectivity index (χ0v) is 9.51. The number of carbonyl (C=O) groups excluding carboxylic acids is 1. The largest absolute Gasteiger partial charge is 0.479 e. The fourth-order valence-electron chi connectivity index (χ4n) is 1.72. The fourth-order valence-corrected chi connectivity index (χ4v) is 1.72. The second-order valence-electron chi connectivity index (χ2n) is 3.62. The molecule has 1 aliphatic rings. The van der Waals surface area contributed by atoms with E-state index in [0.717, 1.165) is 0 Å². The Morgan fingerprint density at radius 3 is 2.94 bits per heavy atom. The molecule has 0 spiro atoms. The van der Waals surface area contributed by atoms with Crippen molar-refractivity contribution in [3.05, 3.63) is 36.2 Å². The Balaban J connectivity index is 2.18. The Morgan fingerprint density at radius 2 is 2.11 bits per heavy atom. The third kappa shape index (κ3) is 1.55. The molecule has 0 bridgehead atoms. The molecular formula is C12H9N3O3. The monoisotopic (exact) mass is 243 g/mol. The Morgan fingerprint density at radius 1 is 1.28 bits per heavy atom. The van der Waals surface area contributed by atoms with Crippen molar-refractivity contribution in [3.8, 4) is 17.5 Å². The first kappa shape index (κ1) is 10.5. The summed E-state index contributed by atoms with van der Waals surface area (Å²) in [5.41, 5.74) is 0.777. The van der Waals surface area contributed by atoms with Gasteiger partial charge in [0.2, 0.25) is 5.88 Å². The van der Waals surface area contributed by atoms with Crippen molar-refractivity contribution in [1.29, 1.82) is 0 Å². The second-order valence-corrected chi connectivity index (χ2v) is 3.62. The molecule has 1 aromatic carbocycles. The lowest BCUT2D eigenvalue weighted by Gasteiger charge is -2.08. The number of para-hydroxylation sites is 1. The van der Waals surface area contributed by atoms with Crippen molar-refractivity contribution in [3.63, 3.8) is 0 Å². The van der Waals surface area contributed by atoms with Crippen LogP contribution in [0.5, 0.6) is 17.5 Å². The highest BCUT2D eigenvalue weighted by molar-refractivity contribution is 6.08. The highest BCUT2D eigenvalue weighted by Gasteiger charge is 2.24. The maximum Gasteiger partial charge on any atom is 0.259 e. The molecule has 18 heavy (non-hydrogen) atoms. The van der Waals surface area contributed by atoms with E-state index in [9.17, 15) is 4.79 Å². The number of fused-ring (bicyclic) bond motifs is 2. The van der Waals surface area contributed by atoms with Gasteiger partial charge in [-0.2, -0.15) is 9.97 Å². The smallest absolute Gasteiger partial charge is 0.259 e. The number of hydrogen-bond acceptors (Lipinski definition) is 5. The van der Waals surface area contributed by atoms with E-state index < -0.39 is 0 Å². The molecule has 2 heterocycles. The number of methoxy groups -OCH3 is 1. The molecule has 0 aliphatic carbocycles. The molecule has 6 heteroatoms. The third-order valence-electron chi connectivity index (χ3n) is 2.55. The average Bonchev–Trinajstić information content (AvgIpc) is 2.54. The van der Waals surface area contributed by atoms with Crippen molar-refractivity contribution in [2.24, 2.45) is 0 Å². The van der Waals surface area contributed by atoms with Gasteiger partial charge in [0.05, 0.1) is 12.7 Å². The van der Waals surface area contributed by atoms with Gasteiger partial charge in [-0.05, 0) is 12.1 Å². The number of amides is 1. The van der Waals surface area contributed by atoms with Crippen LogP contribution in [0.2, 0.25) is 0 Å². The number of nitrogens with zero attached hydrogens (tertiary/aromatic N) is 2. The standard InChI is InChI=1S/C12H9N3O3/c1-17-11-9-12(14-6-13-11)18-8-5-3-2-4-7(8)10(16)15-9/h2-6H,1H3,(H,15,16). The Bertz CT molecular complexity index is 628. The van der Waals surface area contributed by atoms with E-state index in [0.29, 0.717) is 17.0 Å². The highest BCUT2D eigenvalue weighted by atomic mass is 16.5. The maximum atomic E-state index is 12.0. The van der Waals surface area contributed by atoms with Gasteiger partial charge in [-0.3, -0.25) is 4.79 Å². The van der Waals surface area contributed by atoms with Crippen LogP contribution in [-0.2, 0) is 0 Å². The number of benzene rings is 1. The summed E-state index contributed by atoms with van der Waals surface area (Å²) in [6.45, 7) is 0. The van der Waals surface area contributed by atoms with Gasteiger partial charge in [0.15, 0.2) is 5.69 Å². The quantitative estimate of drug-likeness (QED) is 0.827. The number of hydrogen-bond donors (Lipinski definition) is 1. The molecule has 1 N–H and O–H groups in total. The lowest BCUT2D eigenvalue weighted by atomic mass is 10.2. The highest BCUT2D eigenvalue weighted by Crippen LogP contribution is 2.37. The molecule has 0 unspecified atom stereocenters. The Labute approximate surface area is 103 Å². The number of rotatable bonds is 1. The van der Waals surface area contributed by atoms with E-state index >= 15 is 0 Å². The molecule has 90 valence electrons. The molecule has 2 aromatic rings. The van der Waals surface area contributed by atoms with Gasteiger partial charge in [0.1, 0.15) is 12.1 Å². The Hall–Kier alpha value is -2.63. The molecule has 3 rings (SSSR count). The summed E-state index contributed by atoms with van der Waals surface area (Å²) in [4.78, 5) is 19.9. The minimum absolute atomic E-state index is 0.264. The summed E-state index contributed by atoms with van der Waals surface area (Å²) in [5, 5.41) is 2.68. The van der Waals surface area contributed by atoms with Crippen LogP contribution in [0.25, 0.3) is 0 Å². The topological polar surface area (TPSA) is 73.3 Å². The van der Waals surface area contributed by atoms with Crippen LogP contribution in [0.1, 0.15) is 10.4 Å². The first-order valence-electron chi connectivity index (χ1n) is 5.27. The van der Waals surface area contributed by atoms with E-state index in [1.165, 1.54) is 13.4 Å². The summed E-state index contributed by atoms with van der Waals surface area (Å²) in [7, 11) is 1.47. The summed E-state index contributed by atoms with van der Waals surface area (Å²) >= 11 is 0. The second kappa shape index (κ2) is 3.99. The summed E-state index contributed by atoms with van der Waals surface area (Å²) in [6.07, 6.45) is 1.32. The number of carbonyl (C=O) groups is 1. The Kier molecular flexibility index (Phi) is 2.33. The normalized spacial score (nSPS) is 12.6. The predicted octanol–water partition coefficient (Wildman–Crippen LogP) is 1.84. The van der Waals surface area contributed by atoms with Crippen LogP contribution in [0.3, 0.4) is 0 Å². The minimum Gasteiger partial charge on any atom is -0.479 e. The third-order valence-corrected chi connectivity index (χ3v) is 2.55. The summed E-state index contributed by atoms with van der Waals surface area (Å²) < 4.78 is 10.7. The van der Waals surface area contributed by atoms with Crippen LogP contribution in [-0.4, -0.2) is 23.0 Å². The molecule has 6 nitrogen and oxygen atoms in total. The molecule has 0 saturated heterocycles. The van der Waals surface area contributed by atoms with Crippen molar-refractivity contribution in [2.75, 3.05) is 12.4 Å². The number of ether oxygens (including phenoxy) is 2. The average molecular weight is 243 g/mol. The van der Waals surface area contributed by atoms with Gasteiger partial charge in [-0.25, -0.2) is 0 Å². The lowest BCUT2D eigenvalue weighted by Crippen LogP contribution is -2.11. The molecule has 0 saturated carbocycles. The van der Waals surface area contributed by atoms with Crippen LogP contribution in [0.15, 0.2) is 30.6 Å². The SMILES string of the molecule is COc1ncnc2c1NC(=O)c1ccccc1O2. The first-order valence-corrected chi connectivity index (χ1v) is 5.27. The number of nitrogens with one attached hydrogen (secondary N) is 1. The predicted molar refractivity (Wildman–Crippen MR) is 63.1 cm³/mol. The van der Waals surface area contributed by atoms with Crippen LogP contribution >= 0.6 is 0 Å². The minimum atomic E-state index is -0.280. The molecule has 0 radical (unpaired) electrons. The van der Waals surface area contributed by atoms with E-state index in [1.54, 1.807) is 24.3 Å². The van der Waals surface area contributed by atoms with Gasteiger partial charge in [0, 0.05) is 0 Å². The van der Waals surface area contributed by atoms with Crippen molar-refractivity contribution in [2.45, 2.75) is 0 Å². The zero-order valence-electron chi connectivity index (χ0n) is 9.51. The van der Waals surface area contributed by atoms with Crippen LogP contribution < -0.4 is 14.8 Å². The molecule has 0 fully saturated rings. The first-order chi connectivity index (χ1) is 8.79. The number of anilines is 1. The van der Waals surface area contributed by atoms with Gasteiger partial charge in [0.25, 0.3) is 11.8 Å². The van der Waals surface area contributed by atoms with Crippen LogP contribution in [0, 0.1) is 0 Å². The molecule has 1 amide bonds. The summed E-state index contributed by atoms with van der Waals surface area (Å²) in [6, 6.07) is 6.94. The van der Waals surface area contributed by atoms with Crippen molar-refractivity contribution in [1.82, 2.24) is 9.97 Å². The van der Waals surface area contributed by atoms with Gasteiger partial charge >= 0.3 is 0 Å². The zero-order chi connectivity index (χ0) is 12.5. The molecular weight excluding hydrogens is 234 g/mol. The van der Waals surface area contributed by atoms with E-state index in [-0.39, 0.29) is 17.7 Å². The molecule has 1 aliphatic heterocycles. The van der Waals surface area contributed by atoms with Crippen LogP contribution in [0.4, 0.5) is 5.69 Å². The molecule has 1 aromatic heterocycles. The van der Waals surface area contributed by atoms with Crippen molar-refractivity contribution < 1.29 is 14.3 Å². The van der Waals surface area contributed by atoms with Gasteiger partial charge in [-0.15, -0.1) is 0 Å². The number of aromatic nitrogens is 2. The van der Waals surface area contributed by atoms with E-state index in [4.69, 9.17) is 9.47 Å². The van der Waals surface area contributed by atoms with Gasteiger partial charge < -0.3 is 14.8 Å². The molecule has 0 atom stereocenters. The van der Waals surface area contributed by atoms with Gasteiger partial charge in [-0.1, -0.05) is 12.1 Å². The van der Waals surface area contributed by atoms with E-state index in [2.05, 4.69) is 15.3 Å². The fraction of sp³-hybridized carbons (Fsp3) is 0.0833. The van der Waals surface area contributed by atoms with Crippen molar-refractivity contribution >= 4 is 11.6 Å². The maximum absolute atomic E-state index is 12.0. The lowest BCUT2D eigenvalue weighted by molar-refractivity contribution is 0.102. The summed E-state index contributed by atoms with van der Waals surface area (Å²) in [5.74, 6) is 0.702. The van der Waals surface area contributed by atoms with E-state index in [1.807, 2.05) is 0 Å².